The van der Waals surface area contributed by atoms with Crippen molar-refractivity contribution < 1.29 is 22.8 Å². The number of carbonyl (C=O) groups excluding carboxylic acids is 2. The van der Waals surface area contributed by atoms with Gasteiger partial charge in [0.05, 0.1) is 5.56 Å². The molecule has 1 aromatic carbocycles. The average molecular weight is 435 g/mol. The molecule has 1 aromatic rings. The van der Waals surface area contributed by atoms with E-state index in [1.54, 1.807) is 6.07 Å². The number of alkyl halides is 3. The van der Waals surface area contributed by atoms with Crippen LogP contribution in [0, 0.1) is 11.8 Å². The molecular weight excluding hydrogens is 405 g/mol. The number of rotatable bonds is 3. The van der Waals surface area contributed by atoms with Crippen molar-refractivity contribution >= 4 is 11.8 Å². The number of fused-ring (bicyclic) bond motifs is 1. The lowest BCUT2D eigenvalue weighted by atomic mass is 9.84. The van der Waals surface area contributed by atoms with E-state index in [0.29, 0.717) is 17.9 Å². The first-order valence-corrected chi connectivity index (χ1v) is 11.6. The largest absolute Gasteiger partial charge is 0.416 e. The molecule has 2 saturated heterocycles. The molecule has 2 aliphatic heterocycles. The number of likely N-dealkylation sites (tertiary alicyclic amines) is 2. The van der Waals surface area contributed by atoms with Gasteiger partial charge >= 0.3 is 6.18 Å². The Labute approximate surface area is 180 Å². The molecule has 2 heterocycles. The lowest BCUT2D eigenvalue weighted by Gasteiger charge is -2.35. The van der Waals surface area contributed by atoms with E-state index in [-0.39, 0.29) is 35.7 Å². The fourth-order valence-electron chi connectivity index (χ4n) is 6.12. The van der Waals surface area contributed by atoms with E-state index >= 15 is 0 Å². The standard InChI is InChI=1S/C24H29F3N2O2/c25-24(26,27)17-8-5-7-15(12-17)18-14-19(18)22(30)29-20-9-2-1-6-16(20)13-21(29)23(31)28-10-3-4-11-28/h5,7-8,12,16,18-21H,1-4,6,9-11,13-14H2/t16-,18+,19+,20-,21-/m0/s1. The maximum Gasteiger partial charge on any atom is 0.416 e. The summed E-state index contributed by atoms with van der Waals surface area (Å²) in [4.78, 5) is 30.6. The predicted molar refractivity (Wildman–Crippen MR) is 109 cm³/mol. The fraction of sp³-hybridized carbons (Fsp3) is 0.667. The van der Waals surface area contributed by atoms with Gasteiger partial charge in [-0.1, -0.05) is 31.0 Å². The second-order valence-electron chi connectivity index (χ2n) is 9.71. The fourth-order valence-corrected chi connectivity index (χ4v) is 6.12. The van der Waals surface area contributed by atoms with Crippen molar-refractivity contribution in [2.24, 2.45) is 11.8 Å². The van der Waals surface area contributed by atoms with Crippen LogP contribution in [0.5, 0.6) is 0 Å². The summed E-state index contributed by atoms with van der Waals surface area (Å²) in [5, 5.41) is 0. The third kappa shape index (κ3) is 3.85. The van der Waals surface area contributed by atoms with E-state index < -0.39 is 11.7 Å². The number of halogens is 3. The number of carbonyl (C=O) groups is 2. The summed E-state index contributed by atoms with van der Waals surface area (Å²) in [7, 11) is 0. The second-order valence-corrected chi connectivity index (χ2v) is 9.71. The van der Waals surface area contributed by atoms with E-state index in [4.69, 9.17) is 0 Å². The van der Waals surface area contributed by atoms with Gasteiger partial charge in [-0.05, 0) is 62.0 Å². The Morgan fingerprint density at radius 3 is 2.42 bits per heavy atom. The molecule has 0 aromatic heterocycles. The Kier molecular flexibility index (Phi) is 5.25. The van der Waals surface area contributed by atoms with Crippen molar-refractivity contribution in [3.05, 3.63) is 35.4 Å². The Morgan fingerprint density at radius 2 is 1.68 bits per heavy atom. The van der Waals surface area contributed by atoms with Gasteiger partial charge in [-0.2, -0.15) is 13.2 Å². The number of nitrogens with zero attached hydrogens (tertiary/aromatic N) is 2. The minimum Gasteiger partial charge on any atom is -0.341 e. The normalized spacial score (nSPS) is 32.8. The van der Waals surface area contributed by atoms with Gasteiger partial charge in [0.25, 0.3) is 0 Å². The first kappa shape index (κ1) is 20.8. The highest BCUT2D eigenvalue weighted by molar-refractivity contribution is 5.91. The minimum absolute atomic E-state index is 0.0191. The molecule has 0 unspecified atom stereocenters. The summed E-state index contributed by atoms with van der Waals surface area (Å²) < 4.78 is 39.3. The highest BCUT2D eigenvalue weighted by Gasteiger charge is 2.54. The number of amides is 2. The van der Waals surface area contributed by atoms with E-state index in [1.807, 2.05) is 9.80 Å². The molecule has 4 aliphatic rings. The van der Waals surface area contributed by atoms with E-state index in [2.05, 4.69) is 0 Å². The predicted octanol–water partition coefficient (Wildman–Crippen LogP) is 4.59. The molecule has 0 radical (unpaired) electrons. The van der Waals surface area contributed by atoms with Gasteiger partial charge in [0.15, 0.2) is 0 Å². The van der Waals surface area contributed by atoms with Gasteiger partial charge in [0, 0.05) is 25.0 Å². The molecule has 4 nitrogen and oxygen atoms in total. The van der Waals surface area contributed by atoms with Crippen molar-refractivity contribution in [2.75, 3.05) is 13.1 Å². The quantitative estimate of drug-likeness (QED) is 0.698. The third-order valence-electron chi connectivity index (χ3n) is 7.80. The molecule has 2 aliphatic carbocycles. The molecule has 0 N–H and O–H groups in total. The molecule has 7 heteroatoms. The second kappa shape index (κ2) is 7.82. The zero-order valence-electron chi connectivity index (χ0n) is 17.6. The van der Waals surface area contributed by atoms with Gasteiger partial charge in [0.1, 0.15) is 6.04 Å². The lowest BCUT2D eigenvalue weighted by Crippen LogP contribution is -2.50. The van der Waals surface area contributed by atoms with Crippen LogP contribution in [0.15, 0.2) is 24.3 Å². The molecule has 0 spiro atoms. The molecule has 5 rings (SSSR count). The zero-order chi connectivity index (χ0) is 21.8. The van der Waals surface area contributed by atoms with Crippen LogP contribution in [-0.2, 0) is 15.8 Å². The van der Waals surface area contributed by atoms with Crippen LogP contribution in [-0.4, -0.2) is 46.8 Å². The van der Waals surface area contributed by atoms with Gasteiger partial charge in [0.2, 0.25) is 11.8 Å². The molecule has 5 atom stereocenters. The van der Waals surface area contributed by atoms with Crippen LogP contribution >= 0.6 is 0 Å². The summed E-state index contributed by atoms with van der Waals surface area (Å²) in [5.74, 6) is -0.0519. The summed E-state index contributed by atoms with van der Waals surface area (Å²) in [6.07, 6.45) is 3.15. The summed E-state index contributed by atoms with van der Waals surface area (Å²) >= 11 is 0. The molecule has 0 bridgehead atoms. The molecule has 2 saturated carbocycles. The summed E-state index contributed by atoms with van der Waals surface area (Å²) in [6.45, 7) is 1.53. The Morgan fingerprint density at radius 1 is 0.935 bits per heavy atom. The topological polar surface area (TPSA) is 40.6 Å². The first-order valence-electron chi connectivity index (χ1n) is 11.6. The Bertz CT molecular complexity index is 865. The highest BCUT2D eigenvalue weighted by Crippen LogP contribution is 2.52. The molecule has 4 fully saturated rings. The number of benzene rings is 1. The van der Waals surface area contributed by atoms with Crippen LogP contribution in [0.25, 0.3) is 0 Å². The van der Waals surface area contributed by atoms with Crippen LogP contribution in [0.4, 0.5) is 13.2 Å². The minimum atomic E-state index is -4.39. The van der Waals surface area contributed by atoms with Crippen molar-refractivity contribution in [3.8, 4) is 0 Å². The Balaban J connectivity index is 1.36. The van der Waals surface area contributed by atoms with Gasteiger partial charge < -0.3 is 9.80 Å². The van der Waals surface area contributed by atoms with E-state index in [9.17, 15) is 22.8 Å². The smallest absolute Gasteiger partial charge is 0.341 e. The van der Waals surface area contributed by atoms with Gasteiger partial charge in [-0.15, -0.1) is 0 Å². The van der Waals surface area contributed by atoms with Crippen LogP contribution in [0.1, 0.15) is 68.4 Å². The molecule has 31 heavy (non-hydrogen) atoms. The average Bonchev–Trinajstić information content (AvgIpc) is 3.19. The molecular formula is C24H29F3N2O2. The third-order valence-corrected chi connectivity index (χ3v) is 7.80. The zero-order valence-corrected chi connectivity index (χ0v) is 17.6. The van der Waals surface area contributed by atoms with Crippen LogP contribution in [0.3, 0.4) is 0 Å². The number of hydrogen-bond acceptors (Lipinski definition) is 2. The molecule has 2 amide bonds. The lowest BCUT2D eigenvalue weighted by molar-refractivity contribution is -0.146. The van der Waals surface area contributed by atoms with Crippen molar-refractivity contribution in [2.45, 2.75) is 75.5 Å². The maximum absolute atomic E-state index is 13.6. The highest BCUT2D eigenvalue weighted by atomic mass is 19.4. The van der Waals surface area contributed by atoms with E-state index in [0.717, 1.165) is 64.1 Å². The maximum atomic E-state index is 13.6. The van der Waals surface area contributed by atoms with E-state index in [1.165, 1.54) is 12.1 Å². The van der Waals surface area contributed by atoms with Gasteiger partial charge in [-0.3, -0.25) is 9.59 Å². The first-order chi connectivity index (χ1) is 14.8. The summed E-state index contributed by atoms with van der Waals surface area (Å²) in [5.41, 5.74) is -0.0892. The number of hydrogen-bond donors (Lipinski definition) is 0. The monoisotopic (exact) mass is 434 g/mol. The Hall–Kier alpha value is -2.05. The van der Waals surface area contributed by atoms with Gasteiger partial charge in [-0.25, -0.2) is 0 Å². The van der Waals surface area contributed by atoms with Crippen LogP contribution in [0.2, 0.25) is 0 Å². The van der Waals surface area contributed by atoms with Crippen LogP contribution < -0.4 is 0 Å². The summed E-state index contributed by atoms with van der Waals surface area (Å²) in [6, 6.07) is 5.08. The SMILES string of the molecule is O=C([C@@H]1C[C@@H]2CCCC[C@@H]2N1C(=O)[C@@H]1C[C@@H]1c1cccc(C(F)(F)F)c1)N1CCCC1. The van der Waals surface area contributed by atoms with Crippen molar-refractivity contribution in [1.82, 2.24) is 9.80 Å². The molecule has 168 valence electrons. The van der Waals surface area contributed by atoms with Crippen molar-refractivity contribution in [1.29, 1.82) is 0 Å². The van der Waals surface area contributed by atoms with Crippen molar-refractivity contribution in [3.63, 3.8) is 0 Å².